The molecular weight excluding hydrogens is 330 g/mol. The number of carbonyl (C=O) groups is 1. The van der Waals surface area contributed by atoms with E-state index in [1.807, 2.05) is 6.92 Å². The van der Waals surface area contributed by atoms with Crippen LogP contribution in [-0.2, 0) is 19.6 Å². The predicted octanol–water partition coefficient (Wildman–Crippen LogP) is 0.0639. The third kappa shape index (κ3) is 4.76. The number of benzene rings is 1. The first kappa shape index (κ1) is 18.9. The third-order valence-corrected chi connectivity index (χ3v) is 5.92. The van der Waals surface area contributed by atoms with E-state index in [2.05, 4.69) is 5.32 Å². The molecule has 0 unspecified atom stereocenters. The van der Waals surface area contributed by atoms with Crippen molar-refractivity contribution in [2.24, 2.45) is 0 Å². The van der Waals surface area contributed by atoms with Crippen LogP contribution >= 0.6 is 0 Å². The summed E-state index contributed by atoms with van der Waals surface area (Å²) in [6.07, 6.45) is 0. The minimum absolute atomic E-state index is 0.0153. The molecule has 2 rings (SSSR count). The van der Waals surface area contributed by atoms with Crippen LogP contribution in [0.4, 0.5) is 0 Å². The molecule has 134 valence electrons. The number of methoxy groups -OCH3 is 1. The van der Waals surface area contributed by atoms with Gasteiger partial charge in [-0.2, -0.15) is 4.31 Å². The van der Waals surface area contributed by atoms with Crippen molar-refractivity contribution in [3.63, 3.8) is 0 Å². The molecule has 0 aromatic heterocycles. The molecule has 0 atom stereocenters. The number of piperazine rings is 1. The standard InChI is InChI=1S/C16H25N3O4S/c1-14-3-5-15(6-4-14)24(21,22)19-10-8-18(9-11-19)16(20)13-17-7-12-23-2/h3-6,17H,7-13H2,1-2H3. The fraction of sp³-hybridized carbons (Fsp3) is 0.562. The van der Waals surface area contributed by atoms with Gasteiger partial charge < -0.3 is 15.0 Å². The molecule has 1 amide bonds. The van der Waals surface area contributed by atoms with Gasteiger partial charge in [0.15, 0.2) is 0 Å². The molecule has 0 spiro atoms. The molecule has 7 nitrogen and oxygen atoms in total. The van der Waals surface area contributed by atoms with Gasteiger partial charge in [0.25, 0.3) is 0 Å². The van der Waals surface area contributed by atoms with Crippen LogP contribution in [0.15, 0.2) is 29.2 Å². The molecule has 24 heavy (non-hydrogen) atoms. The van der Waals surface area contributed by atoms with Crippen LogP contribution in [0.2, 0.25) is 0 Å². The molecule has 1 heterocycles. The summed E-state index contributed by atoms with van der Waals surface area (Å²) in [6.45, 7) is 4.79. The van der Waals surface area contributed by atoms with E-state index in [0.717, 1.165) is 5.56 Å². The second-order valence-corrected chi connectivity index (χ2v) is 7.71. The molecule has 1 aliphatic rings. The van der Waals surface area contributed by atoms with E-state index in [0.29, 0.717) is 44.2 Å². The van der Waals surface area contributed by atoms with Gasteiger partial charge in [-0.15, -0.1) is 0 Å². The van der Waals surface area contributed by atoms with Crippen molar-refractivity contribution in [2.45, 2.75) is 11.8 Å². The van der Waals surface area contributed by atoms with Crippen LogP contribution in [0.5, 0.6) is 0 Å². The molecule has 0 radical (unpaired) electrons. The maximum atomic E-state index is 12.6. The number of carbonyl (C=O) groups excluding carboxylic acids is 1. The van der Waals surface area contributed by atoms with Crippen molar-refractivity contribution in [1.82, 2.24) is 14.5 Å². The van der Waals surface area contributed by atoms with Gasteiger partial charge in [0, 0.05) is 39.8 Å². The topological polar surface area (TPSA) is 79.0 Å². The normalized spacial score (nSPS) is 16.3. The van der Waals surface area contributed by atoms with E-state index in [1.165, 1.54) is 4.31 Å². The molecule has 0 bridgehead atoms. The summed E-state index contributed by atoms with van der Waals surface area (Å²) in [6, 6.07) is 6.83. The highest BCUT2D eigenvalue weighted by Gasteiger charge is 2.29. The number of nitrogens with zero attached hydrogens (tertiary/aromatic N) is 2. The fourth-order valence-electron chi connectivity index (χ4n) is 2.52. The van der Waals surface area contributed by atoms with Crippen molar-refractivity contribution in [1.29, 1.82) is 0 Å². The van der Waals surface area contributed by atoms with Crippen LogP contribution in [0.3, 0.4) is 0 Å². The molecule has 1 aromatic rings. The zero-order chi connectivity index (χ0) is 17.6. The summed E-state index contributed by atoms with van der Waals surface area (Å²) in [7, 11) is -1.88. The summed E-state index contributed by atoms with van der Waals surface area (Å²) in [5.74, 6) is -0.0153. The second kappa shape index (κ2) is 8.57. The van der Waals surface area contributed by atoms with Crippen molar-refractivity contribution in [3.05, 3.63) is 29.8 Å². The van der Waals surface area contributed by atoms with Crippen molar-refractivity contribution < 1.29 is 17.9 Å². The van der Waals surface area contributed by atoms with Crippen LogP contribution in [0.25, 0.3) is 0 Å². The molecule has 1 fully saturated rings. The van der Waals surface area contributed by atoms with E-state index < -0.39 is 10.0 Å². The Labute approximate surface area is 143 Å². The largest absolute Gasteiger partial charge is 0.383 e. The first-order valence-corrected chi connectivity index (χ1v) is 9.43. The highest BCUT2D eigenvalue weighted by atomic mass is 32.2. The van der Waals surface area contributed by atoms with Gasteiger partial charge in [0.2, 0.25) is 15.9 Å². The molecule has 8 heteroatoms. The van der Waals surface area contributed by atoms with Crippen molar-refractivity contribution in [3.8, 4) is 0 Å². The number of hydrogen-bond donors (Lipinski definition) is 1. The van der Waals surface area contributed by atoms with Gasteiger partial charge in [-0.05, 0) is 19.1 Å². The van der Waals surface area contributed by atoms with Crippen LogP contribution in [-0.4, -0.2) is 76.5 Å². The summed E-state index contributed by atoms with van der Waals surface area (Å²) < 4.78 is 31.6. The van der Waals surface area contributed by atoms with Crippen LogP contribution in [0.1, 0.15) is 5.56 Å². The van der Waals surface area contributed by atoms with Crippen LogP contribution in [0, 0.1) is 6.92 Å². The molecule has 0 saturated carbocycles. The van der Waals surface area contributed by atoms with Gasteiger partial charge in [-0.25, -0.2) is 8.42 Å². The predicted molar refractivity (Wildman–Crippen MR) is 91.3 cm³/mol. The molecule has 1 aromatic carbocycles. The van der Waals surface area contributed by atoms with Gasteiger partial charge >= 0.3 is 0 Å². The summed E-state index contributed by atoms with van der Waals surface area (Å²) in [5, 5.41) is 3.01. The minimum Gasteiger partial charge on any atom is -0.383 e. The van der Waals surface area contributed by atoms with Crippen LogP contribution < -0.4 is 5.32 Å². The lowest BCUT2D eigenvalue weighted by Gasteiger charge is -2.34. The molecule has 0 aliphatic carbocycles. The fourth-order valence-corrected chi connectivity index (χ4v) is 3.94. The number of hydrogen-bond acceptors (Lipinski definition) is 5. The zero-order valence-electron chi connectivity index (χ0n) is 14.2. The van der Waals surface area contributed by atoms with E-state index >= 15 is 0 Å². The third-order valence-electron chi connectivity index (χ3n) is 4.01. The van der Waals surface area contributed by atoms with Gasteiger partial charge in [0.1, 0.15) is 0 Å². The number of amides is 1. The summed E-state index contributed by atoms with van der Waals surface area (Å²) in [4.78, 5) is 14.1. The van der Waals surface area contributed by atoms with Crippen molar-refractivity contribution >= 4 is 15.9 Å². The van der Waals surface area contributed by atoms with E-state index in [9.17, 15) is 13.2 Å². The second-order valence-electron chi connectivity index (χ2n) is 5.77. The maximum absolute atomic E-state index is 12.6. The summed E-state index contributed by atoms with van der Waals surface area (Å²) in [5.41, 5.74) is 1.02. The lowest BCUT2D eigenvalue weighted by atomic mass is 10.2. The lowest BCUT2D eigenvalue weighted by Crippen LogP contribution is -2.52. The Morgan fingerprint density at radius 1 is 1.17 bits per heavy atom. The Kier molecular flexibility index (Phi) is 6.73. The van der Waals surface area contributed by atoms with E-state index in [4.69, 9.17) is 4.74 Å². The number of sulfonamides is 1. The monoisotopic (exact) mass is 355 g/mol. The maximum Gasteiger partial charge on any atom is 0.243 e. The Morgan fingerprint density at radius 2 is 1.79 bits per heavy atom. The number of nitrogens with one attached hydrogen (secondary N) is 1. The Morgan fingerprint density at radius 3 is 2.38 bits per heavy atom. The Bertz CT molecular complexity index is 638. The number of aryl methyl sites for hydroxylation is 1. The first-order chi connectivity index (χ1) is 11.4. The van der Waals surface area contributed by atoms with E-state index in [1.54, 1.807) is 36.3 Å². The van der Waals surface area contributed by atoms with Gasteiger partial charge in [-0.3, -0.25) is 4.79 Å². The summed E-state index contributed by atoms with van der Waals surface area (Å²) >= 11 is 0. The average molecular weight is 355 g/mol. The minimum atomic E-state index is -3.49. The highest BCUT2D eigenvalue weighted by Crippen LogP contribution is 2.18. The smallest absolute Gasteiger partial charge is 0.243 e. The molecule has 1 saturated heterocycles. The average Bonchev–Trinajstić information content (AvgIpc) is 2.59. The zero-order valence-corrected chi connectivity index (χ0v) is 15.0. The van der Waals surface area contributed by atoms with E-state index in [-0.39, 0.29) is 12.5 Å². The van der Waals surface area contributed by atoms with Crippen molar-refractivity contribution in [2.75, 3.05) is 53.0 Å². The lowest BCUT2D eigenvalue weighted by molar-refractivity contribution is -0.131. The quantitative estimate of drug-likeness (QED) is 0.700. The molecule has 1 N–H and O–H groups in total. The highest BCUT2D eigenvalue weighted by molar-refractivity contribution is 7.89. The first-order valence-electron chi connectivity index (χ1n) is 7.99. The number of rotatable bonds is 7. The molecular formula is C16H25N3O4S. The Balaban J connectivity index is 1.87. The van der Waals surface area contributed by atoms with Gasteiger partial charge in [0.05, 0.1) is 18.0 Å². The SMILES string of the molecule is COCCNCC(=O)N1CCN(S(=O)(=O)c2ccc(C)cc2)CC1. The Hall–Kier alpha value is -1.48. The van der Waals surface area contributed by atoms with Gasteiger partial charge in [-0.1, -0.05) is 17.7 Å². The number of ether oxygens (including phenoxy) is 1. The molecule has 1 aliphatic heterocycles.